The molecule has 0 amide bonds. The van der Waals surface area contributed by atoms with Gasteiger partial charge in [-0.25, -0.2) is 4.39 Å². The number of aliphatic hydroxyl groups is 1. The number of esters is 1. The summed E-state index contributed by atoms with van der Waals surface area (Å²) in [4.78, 5) is 12.2. The fourth-order valence-electron chi connectivity index (χ4n) is 3.86. The van der Waals surface area contributed by atoms with E-state index in [4.69, 9.17) is 4.74 Å². The topological polar surface area (TPSA) is 58.6 Å². The van der Waals surface area contributed by atoms with Crippen molar-refractivity contribution in [2.24, 2.45) is 11.8 Å². The molecule has 0 bridgehead atoms. The smallest absolute Gasteiger partial charge is 0.310 e. The van der Waals surface area contributed by atoms with Crippen LogP contribution in [0.25, 0.3) is 0 Å². The van der Waals surface area contributed by atoms with Gasteiger partial charge in [-0.3, -0.25) is 4.79 Å². The van der Waals surface area contributed by atoms with Crippen LogP contribution in [-0.2, 0) is 9.53 Å². The molecule has 0 aromatic heterocycles. The van der Waals surface area contributed by atoms with Gasteiger partial charge in [-0.2, -0.15) is 0 Å². The zero-order valence-electron chi connectivity index (χ0n) is 13.7. The minimum atomic E-state index is -1.24. The first-order valence-electron chi connectivity index (χ1n) is 8.44. The van der Waals surface area contributed by atoms with Gasteiger partial charge in [0.1, 0.15) is 11.4 Å². The van der Waals surface area contributed by atoms with E-state index in [0.29, 0.717) is 25.1 Å². The van der Waals surface area contributed by atoms with Gasteiger partial charge in [-0.15, -0.1) is 0 Å². The van der Waals surface area contributed by atoms with Gasteiger partial charge in [0.15, 0.2) is 0 Å². The third-order valence-electron chi connectivity index (χ3n) is 4.95. The van der Waals surface area contributed by atoms with Crippen molar-refractivity contribution in [2.45, 2.75) is 37.8 Å². The third-order valence-corrected chi connectivity index (χ3v) is 4.95. The van der Waals surface area contributed by atoms with Crippen molar-refractivity contribution in [1.82, 2.24) is 5.32 Å². The molecular formula is C19H22FNO3. The number of ether oxygens (including phenoxy) is 1. The molecule has 4 atom stereocenters. The van der Waals surface area contributed by atoms with Crippen LogP contribution in [0.1, 0.15) is 31.7 Å². The lowest BCUT2D eigenvalue weighted by molar-refractivity contribution is -0.152. The summed E-state index contributed by atoms with van der Waals surface area (Å²) in [5.74, 6) is 4.64. The zero-order chi connectivity index (χ0) is 17.2. The van der Waals surface area contributed by atoms with E-state index in [1.807, 2.05) is 0 Å². The van der Waals surface area contributed by atoms with Gasteiger partial charge in [-0.1, -0.05) is 11.8 Å². The lowest BCUT2D eigenvalue weighted by Crippen LogP contribution is -2.50. The largest absolute Gasteiger partial charge is 0.466 e. The summed E-state index contributed by atoms with van der Waals surface area (Å²) in [7, 11) is 0. The van der Waals surface area contributed by atoms with Crippen LogP contribution in [0.15, 0.2) is 24.3 Å². The maximum Gasteiger partial charge on any atom is 0.310 e. The van der Waals surface area contributed by atoms with E-state index in [1.54, 1.807) is 19.1 Å². The Hall–Kier alpha value is -1.90. The van der Waals surface area contributed by atoms with Crippen molar-refractivity contribution in [3.63, 3.8) is 0 Å². The number of carbonyl (C=O) groups excluding carboxylic acids is 1. The highest BCUT2D eigenvalue weighted by Gasteiger charge is 2.53. The van der Waals surface area contributed by atoms with Crippen LogP contribution in [0.5, 0.6) is 0 Å². The van der Waals surface area contributed by atoms with Gasteiger partial charge < -0.3 is 15.2 Å². The van der Waals surface area contributed by atoms with Crippen molar-refractivity contribution in [1.29, 1.82) is 0 Å². The molecule has 1 heterocycles. The van der Waals surface area contributed by atoms with Gasteiger partial charge in [0.05, 0.1) is 12.5 Å². The molecule has 2 N–H and O–H groups in total. The van der Waals surface area contributed by atoms with Gasteiger partial charge in [0, 0.05) is 24.1 Å². The summed E-state index contributed by atoms with van der Waals surface area (Å²) < 4.78 is 18.2. The highest BCUT2D eigenvalue weighted by atomic mass is 19.1. The van der Waals surface area contributed by atoms with Gasteiger partial charge in [-0.05, 0) is 50.5 Å². The summed E-state index contributed by atoms with van der Waals surface area (Å²) in [6.45, 7) is 2.61. The van der Waals surface area contributed by atoms with Gasteiger partial charge in [0.25, 0.3) is 0 Å². The lowest BCUT2D eigenvalue weighted by Gasteiger charge is -2.39. The first kappa shape index (κ1) is 16.9. The van der Waals surface area contributed by atoms with E-state index < -0.39 is 5.60 Å². The quantitative estimate of drug-likeness (QED) is 0.641. The normalized spacial score (nSPS) is 31.7. The standard InChI is InChI=1S/C19H22FNO3/c1-2-24-18(22)15-12-21-16-4-3-10-19(23,17(15)16)11-9-13-5-7-14(20)8-6-13/h5-8,15-17,21,23H,2-4,10,12H2,1H3. The number of fused-ring (bicyclic) bond motifs is 1. The molecular weight excluding hydrogens is 309 g/mol. The summed E-state index contributed by atoms with van der Waals surface area (Å²) >= 11 is 0. The molecule has 1 aliphatic carbocycles. The number of benzene rings is 1. The second kappa shape index (κ2) is 6.92. The SMILES string of the molecule is CCOC(=O)C1CNC2CCCC(O)(C#Cc3ccc(F)cc3)C21. The van der Waals surface area contributed by atoms with Crippen LogP contribution >= 0.6 is 0 Å². The number of halogens is 1. The number of rotatable bonds is 2. The number of hydrogen-bond acceptors (Lipinski definition) is 4. The number of carbonyl (C=O) groups is 1. The minimum Gasteiger partial charge on any atom is -0.466 e. The Morgan fingerprint density at radius 2 is 2.21 bits per heavy atom. The van der Waals surface area contributed by atoms with Crippen LogP contribution < -0.4 is 5.32 Å². The predicted molar refractivity (Wildman–Crippen MR) is 87.5 cm³/mol. The Balaban J connectivity index is 1.86. The molecule has 3 rings (SSSR count). The van der Waals surface area contributed by atoms with Crippen molar-refractivity contribution in [2.75, 3.05) is 13.2 Å². The molecule has 0 spiro atoms. The summed E-state index contributed by atoms with van der Waals surface area (Å²) in [6.07, 6.45) is 2.29. The first-order valence-corrected chi connectivity index (χ1v) is 8.44. The Labute approximate surface area is 141 Å². The van der Waals surface area contributed by atoms with E-state index in [2.05, 4.69) is 17.2 Å². The van der Waals surface area contributed by atoms with Gasteiger partial charge in [0.2, 0.25) is 0 Å². The Morgan fingerprint density at radius 3 is 2.92 bits per heavy atom. The minimum absolute atomic E-state index is 0.0701. The number of hydrogen-bond donors (Lipinski definition) is 2. The van der Waals surface area contributed by atoms with Crippen LogP contribution in [0.3, 0.4) is 0 Å². The molecule has 128 valence electrons. The maximum absolute atomic E-state index is 13.0. The Bertz CT molecular complexity index is 663. The zero-order valence-corrected chi connectivity index (χ0v) is 13.7. The van der Waals surface area contributed by atoms with Gasteiger partial charge >= 0.3 is 5.97 Å². The van der Waals surface area contributed by atoms with Crippen molar-refractivity contribution in [3.05, 3.63) is 35.6 Å². The molecule has 4 nitrogen and oxygen atoms in total. The molecule has 1 aliphatic heterocycles. The number of nitrogens with one attached hydrogen (secondary N) is 1. The van der Waals surface area contributed by atoms with E-state index in [0.717, 1.165) is 12.8 Å². The predicted octanol–water partition coefficient (Wildman–Crippen LogP) is 1.86. The summed E-state index contributed by atoms with van der Waals surface area (Å²) in [6, 6.07) is 5.93. The molecule has 5 heteroatoms. The molecule has 1 aromatic carbocycles. The van der Waals surface area contributed by atoms with E-state index in [1.165, 1.54) is 12.1 Å². The van der Waals surface area contributed by atoms with Crippen LogP contribution in [0, 0.1) is 29.5 Å². The second-order valence-corrected chi connectivity index (χ2v) is 6.47. The first-order chi connectivity index (χ1) is 11.5. The van der Waals surface area contributed by atoms with E-state index in [-0.39, 0.29) is 29.7 Å². The van der Waals surface area contributed by atoms with Crippen molar-refractivity contribution < 1.29 is 19.0 Å². The molecule has 0 radical (unpaired) electrons. The molecule has 4 unspecified atom stereocenters. The molecule has 2 aliphatic rings. The summed E-state index contributed by atoms with van der Waals surface area (Å²) in [5, 5.41) is 14.5. The molecule has 1 aromatic rings. The average Bonchev–Trinajstić information content (AvgIpc) is 3.01. The molecule has 1 saturated heterocycles. The highest BCUT2D eigenvalue weighted by molar-refractivity contribution is 5.74. The maximum atomic E-state index is 13.0. The highest BCUT2D eigenvalue weighted by Crippen LogP contribution is 2.42. The Morgan fingerprint density at radius 1 is 1.46 bits per heavy atom. The van der Waals surface area contributed by atoms with Crippen LogP contribution in [-0.4, -0.2) is 35.9 Å². The third kappa shape index (κ3) is 3.31. The fraction of sp³-hybridized carbons (Fsp3) is 0.526. The monoisotopic (exact) mass is 331 g/mol. The van der Waals surface area contributed by atoms with Crippen molar-refractivity contribution in [3.8, 4) is 11.8 Å². The second-order valence-electron chi connectivity index (χ2n) is 6.47. The summed E-state index contributed by atoms with van der Waals surface area (Å²) in [5.41, 5.74) is -0.594. The van der Waals surface area contributed by atoms with Crippen molar-refractivity contribution >= 4 is 5.97 Å². The Kier molecular flexibility index (Phi) is 4.88. The van der Waals surface area contributed by atoms with E-state index >= 15 is 0 Å². The van der Waals surface area contributed by atoms with Crippen LogP contribution in [0.2, 0.25) is 0 Å². The average molecular weight is 331 g/mol. The van der Waals surface area contributed by atoms with Crippen LogP contribution in [0.4, 0.5) is 4.39 Å². The lowest BCUT2D eigenvalue weighted by atomic mass is 9.69. The molecule has 24 heavy (non-hydrogen) atoms. The van der Waals surface area contributed by atoms with E-state index in [9.17, 15) is 14.3 Å². The molecule has 1 saturated carbocycles. The fourth-order valence-corrected chi connectivity index (χ4v) is 3.86. The molecule has 2 fully saturated rings.